The van der Waals surface area contributed by atoms with E-state index in [9.17, 15) is 19.5 Å². The lowest BCUT2D eigenvalue weighted by Crippen LogP contribution is -2.23. The number of benzene rings is 2. The first-order valence-electron chi connectivity index (χ1n) is 9.27. The fourth-order valence-electron chi connectivity index (χ4n) is 3.48. The topological polar surface area (TPSA) is 97.0 Å². The third-order valence-electron chi connectivity index (χ3n) is 5.04. The summed E-state index contributed by atoms with van der Waals surface area (Å²) in [5, 5.41) is 10.4. The van der Waals surface area contributed by atoms with Gasteiger partial charge in [0.05, 0.1) is 5.56 Å². The van der Waals surface area contributed by atoms with E-state index < -0.39 is 11.6 Å². The van der Waals surface area contributed by atoms with Gasteiger partial charge in [-0.05, 0) is 43.7 Å². The van der Waals surface area contributed by atoms with Gasteiger partial charge in [-0.25, -0.2) is 9.59 Å². The molecule has 2 aromatic carbocycles. The van der Waals surface area contributed by atoms with Gasteiger partial charge >= 0.3 is 11.6 Å². The molecule has 2 heterocycles. The first-order valence-corrected chi connectivity index (χ1v) is 9.27. The number of rotatable bonds is 4. The summed E-state index contributed by atoms with van der Waals surface area (Å²) in [5.74, 6) is -0.505. The number of esters is 1. The van der Waals surface area contributed by atoms with Crippen LogP contribution in [0, 0.1) is 6.92 Å². The summed E-state index contributed by atoms with van der Waals surface area (Å²) in [6.07, 6.45) is 1.31. The fourth-order valence-corrected chi connectivity index (χ4v) is 3.48. The van der Waals surface area contributed by atoms with Crippen molar-refractivity contribution in [3.63, 3.8) is 0 Å². The first kappa shape index (κ1) is 18.7. The molecule has 1 aliphatic heterocycles. The van der Waals surface area contributed by atoms with E-state index in [0.29, 0.717) is 40.7 Å². The summed E-state index contributed by atoms with van der Waals surface area (Å²) in [5.41, 5.74) is 1.58. The monoisotopic (exact) mass is 393 g/mol. The molecular weight excluding hydrogens is 374 g/mol. The highest BCUT2D eigenvalue weighted by atomic mass is 16.5. The van der Waals surface area contributed by atoms with Crippen LogP contribution in [-0.4, -0.2) is 23.5 Å². The van der Waals surface area contributed by atoms with E-state index in [1.165, 1.54) is 12.1 Å². The van der Waals surface area contributed by atoms with Crippen LogP contribution in [0.3, 0.4) is 0 Å². The van der Waals surface area contributed by atoms with E-state index in [-0.39, 0.29) is 23.8 Å². The summed E-state index contributed by atoms with van der Waals surface area (Å²) < 4.78 is 10.6. The number of nitrogens with zero attached hydrogens (tertiary/aromatic N) is 1. The number of amides is 1. The molecule has 7 nitrogen and oxygen atoms in total. The van der Waals surface area contributed by atoms with Crippen molar-refractivity contribution in [3.8, 4) is 5.75 Å². The number of phenols is 1. The molecule has 4 rings (SSSR count). The van der Waals surface area contributed by atoms with Gasteiger partial charge in [0.15, 0.2) is 0 Å². The minimum absolute atomic E-state index is 0.0167. The number of carbonyl (C=O) groups is 2. The fraction of sp³-hybridized carbons (Fsp3) is 0.227. The van der Waals surface area contributed by atoms with Gasteiger partial charge in [-0.2, -0.15) is 0 Å². The lowest BCUT2D eigenvalue weighted by molar-refractivity contribution is -0.117. The van der Waals surface area contributed by atoms with E-state index in [4.69, 9.17) is 9.15 Å². The number of hydrogen-bond donors (Lipinski definition) is 1. The number of carbonyl (C=O) groups excluding carboxylic acids is 2. The molecule has 148 valence electrons. The van der Waals surface area contributed by atoms with Gasteiger partial charge in [0.2, 0.25) is 5.91 Å². The van der Waals surface area contributed by atoms with Crippen LogP contribution in [0.25, 0.3) is 11.0 Å². The summed E-state index contributed by atoms with van der Waals surface area (Å²) in [7, 11) is 0. The Morgan fingerprint density at radius 2 is 2.03 bits per heavy atom. The van der Waals surface area contributed by atoms with Gasteiger partial charge in [-0.3, -0.25) is 4.79 Å². The zero-order valence-corrected chi connectivity index (χ0v) is 15.8. The Morgan fingerprint density at radius 3 is 2.79 bits per heavy atom. The molecule has 7 heteroatoms. The largest absolute Gasteiger partial charge is 0.508 e. The highest BCUT2D eigenvalue weighted by Gasteiger charge is 2.22. The smallest absolute Gasteiger partial charge is 0.338 e. The SMILES string of the molecule is Cc1c(O)ccc2c(COC(=O)c3cccc(N4CCCC4=O)c3)cc(=O)oc12. The molecule has 1 aliphatic rings. The third kappa shape index (κ3) is 3.59. The van der Waals surface area contributed by atoms with Crippen LogP contribution in [0.2, 0.25) is 0 Å². The number of anilines is 1. The molecule has 1 aromatic heterocycles. The van der Waals surface area contributed by atoms with Crippen molar-refractivity contribution in [3.05, 3.63) is 69.6 Å². The predicted octanol–water partition coefficient (Wildman–Crippen LogP) is 3.29. The van der Waals surface area contributed by atoms with Crippen molar-refractivity contribution in [2.45, 2.75) is 26.4 Å². The van der Waals surface area contributed by atoms with Crippen LogP contribution < -0.4 is 10.5 Å². The van der Waals surface area contributed by atoms with Gasteiger partial charge in [-0.1, -0.05) is 6.07 Å². The second-order valence-electron chi connectivity index (χ2n) is 6.95. The van der Waals surface area contributed by atoms with Gasteiger partial charge in [0, 0.05) is 41.2 Å². The molecule has 3 aromatic rings. The lowest BCUT2D eigenvalue weighted by Gasteiger charge is -2.16. The Bertz CT molecular complexity index is 1180. The predicted molar refractivity (Wildman–Crippen MR) is 106 cm³/mol. The molecule has 0 atom stereocenters. The van der Waals surface area contributed by atoms with Crippen LogP contribution in [0.15, 0.2) is 51.7 Å². The Kier molecular flexibility index (Phi) is 4.80. The van der Waals surface area contributed by atoms with Crippen LogP contribution >= 0.6 is 0 Å². The van der Waals surface area contributed by atoms with Crippen LogP contribution in [-0.2, 0) is 16.1 Å². The van der Waals surface area contributed by atoms with Crippen LogP contribution in [0.5, 0.6) is 5.75 Å². The summed E-state index contributed by atoms with van der Waals surface area (Å²) in [4.78, 5) is 38.0. The summed E-state index contributed by atoms with van der Waals surface area (Å²) in [6, 6.07) is 11.1. The number of ether oxygens (including phenoxy) is 1. The molecule has 0 bridgehead atoms. The van der Waals surface area contributed by atoms with Crippen molar-refractivity contribution >= 4 is 28.5 Å². The molecular formula is C22H19NO6. The van der Waals surface area contributed by atoms with Gasteiger partial charge in [0.25, 0.3) is 0 Å². The zero-order chi connectivity index (χ0) is 20.5. The summed E-state index contributed by atoms with van der Waals surface area (Å²) in [6.45, 7) is 2.15. The van der Waals surface area contributed by atoms with E-state index in [1.807, 2.05) is 0 Å². The molecule has 0 radical (unpaired) electrons. The minimum Gasteiger partial charge on any atom is -0.508 e. The highest BCUT2D eigenvalue weighted by molar-refractivity contribution is 5.97. The van der Waals surface area contributed by atoms with E-state index in [1.54, 1.807) is 42.2 Å². The second-order valence-corrected chi connectivity index (χ2v) is 6.95. The maximum atomic E-state index is 12.5. The maximum absolute atomic E-state index is 12.5. The van der Waals surface area contributed by atoms with Crippen LogP contribution in [0.4, 0.5) is 5.69 Å². The molecule has 29 heavy (non-hydrogen) atoms. The Morgan fingerprint density at radius 1 is 1.21 bits per heavy atom. The maximum Gasteiger partial charge on any atom is 0.338 e. The third-order valence-corrected chi connectivity index (χ3v) is 5.04. The zero-order valence-electron chi connectivity index (χ0n) is 15.8. The van der Waals surface area contributed by atoms with Crippen molar-refractivity contribution in [2.75, 3.05) is 11.4 Å². The van der Waals surface area contributed by atoms with Gasteiger partial charge in [-0.15, -0.1) is 0 Å². The molecule has 1 N–H and O–H groups in total. The molecule has 0 unspecified atom stereocenters. The van der Waals surface area contributed by atoms with Crippen molar-refractivity contribution in [1.29, 1.82) is 0 Å². The van der Waals surface area contributed by atoms with Crippen molar-refractivity contribution in [1.82, 2.24) is 0 Å². The number of aromatic hydroxyl groups is 1. The average molecular weight is 393 g/mol. The van der Waals surface area contributed by atoms with Gasteiger partial charge < -0.3 is 19.2 Å². The number of fused-ring (bicyclic) bond motifs is 1. The lowest BCUT2D eigenvalue weighted by atomic mass is 10.1. The van der Waals surface area contributed by atoms with E-state index in [2.05, 4.69) is 0 Å². The Hall–Kier alpha value is -3.61. The second kappa shape index (κ2) is 7.43. The van der Waals surface area contributed by atoms with Crippen molar-refractivity contribution in [2.24, 2.45) is 0 Å². The summed E-state index contributed by atoms with van der Waals surface area (Å²) >= 11 is 0. The van der Waals surface area contributed by atoms with E-state index >= 15 is 0 Å². The van der Waals surface area contributed by atoms with E-state index in [0.717, 1.165) is 6.42 Å². The molecule has 1 amide bonds. The Labute approximate surface area is 166 Å². The normalized spacial score (nSPS) is 13.8. The molecule has 0 spiro atoms. The number of hydrogen-bond acceptors (Lipinski definition) is 6. The molecule has 1 saturated heterocycles. The number of phenolic OH excluding ortho intramolecular Hbond substituents is 1. The Balaban J connectivity index is 1.57. The highest BCUT2D eigenvalue weighted by Crippen LogP contribution is 2.28. The molecule has 1 fully saturated rings. The number of aryl methyl sites for hydroxylation is 1. The first-order chi connectivity index (χ1) is 13.9. The minimum atomic E-state index is -0.591. The van der Waals surface area contributed by atoms with Gasteiger partial charge in [0.1, 0.15) is 17.9 Å². The van der Waals surface area contributed by atoms with Crippen molar-refractivity contribution < 1.29 is 23.8 Å². The molecule has 0 aliphatic carbocycles. The average Bonchev–Trinajstić information content (AvgIpc) is 3.15. The van der Waals surface area contributed by atoms with Crippen LogP contribution in [0.1, 0.15) is 34.3 Å². The quantitative estimate of drug-likeness (QED) is 0.540. The standard InChI is InChI=1S/C22H19NO6/c1-13-18(24)8-7-17-15(11-20(26)29-21(13)17)12-28-22(27)14-4-2-5-16(10-14)23-9-3-6-19(23)25/h2,4-5,7-8,10-11,24H,3,6,9,12H2,1H3. The molecule has 0 saturated carbocycles.